The number of pyridine rings is 1. The van der Waals surface area contributed by atoms with Gasteiger partial charge in [0.05, 0.1) is 6.26 Å². The normalized spacial score (nSPS) is 10.4. The second-order valence-corrected chi connectivity index (χ2v) is 3.85. The monoisotopic (exact) mass is 271 g/mol. The van der Waals surface area contributed by atoms with E-state index in [0.717, 1.165) is 0 Å². The minimum absolute atomic E-state index is 0.0168. The van der Waals surface area contributed by atoms with E-state index in [0.29, 0.717) is 11.6 Å². The van der Waals surface area contributed by atoms with E-state index in [-0.39, 0.29) is 11.5 Å². The Balaban J connectivity index is 1.81. The molecule has 0 spiro atoms. The van der Waals surface area contributed by atoms with Crippen LogP contribution in [0.2, 0.25) is 0 Å². The molecule has 3 aromatic heterocycles. The average molecular weight is 271 g/mol. The van der Waals surface area contributed by atoms with Crippen LogP contribution in [0, 0.1) is 0 Å². The van der Waals surface area contributed by atoms with Gasteiger partial charge in [0.1, 0.15) is 5.56 Å². The number of amides is 1. The maximum atomic E-state index is 11.9. The molecule has 0 radical (unpaired) electrons. The Bertz CT molecular complexity index is 787. The van der Waals surface area contributed by atoms with Crippen LogP contribution in [-0.4, -0.2) is 26.1 Å². The van der Waals surface area contributed by atoms with Gasteiger partial charge in [-0.3, -0.25) is 20.0 Å². The Hall–Kier alpha value is -3.16. The first-order valence-corrected chi connectivity index (χ1v) is 5.69. The lowest BCUT2D eigenvalue weighted by molar-refractivity contribution is 0.102. The van der Waals surface area contributed by atoms with Crippen molar-refractivity contribution < 1.29 is 9.21 Å². The summed E-state index contributed by atoms with van der Waals surface area (Å²) in [6.07, 6.45) is 2.94. The molecule has 0 aliphatic heterocycles. The van der Waals surface area contributed by atoms with Crippen molar-refractivity contribution in [1.82, 2.24) is 20.2 Å². The lowest BCUT2D eigenvalue weighted by atomic mass is 10.2. The number of H-pyrrole nitrogens is 2. The van der Waals surface area contributed by atoms with Crippen molar-refractivity contribution in [2.75, 3.05) is 5.32 Å². The lowest BCUT2D eigenvalue weighted by Crippen LogP contribution is -2.22. The van der Waals surface area contributed by atoms with Gasteiger partial charge >= 0.3 is 0 Å². The maximum absolute atomic E-state index is 11.9. The molecule has 1 amide bonds. The molecule has 20 heavy (non-hydrogen) atoms. The summed E-state index contributed by atoms with van der Waals surface area (Å²) >= 11 is 0. The predicted octanol–water partition coefficient (Wildman–Crippen LogP) is 1.01. The molecule has 0 saturated carbocycles. The molecule has 100 valence electrons. The minimum atomic E-state index is -0.586. The highest BCUT2D eigenvalue weighted by atomic mass is 16.3. The largest absolute Gasteiger partial charge is 0.461 e. The van der Waals surface area contributed by atoms with Crippen molar-refractivity contribution in [2.24, 2.45) is 0 Å². The zero-order valence-electron chi connectivity index (χ0n) is 10.1. The van der Waals surface area contributed by atoms with Gasteiger partial charge in [-0.25, -0.2) is 0 Å². The minimum Gasteiger partial charge on any atom is -0.461 e. The summed E-state index contributed by atoms with van der Waals surface area (Å²) in [4.78, 5) is 29.8. The zero-order valence-corrected chi connectivity index (χ0v) is 10.1. The van der Waals surface area contributed by atoms with E-state index in [1.807, 2.05) is 0 Å². The van der Waals surface area contributed by atoms with Crippen LogP contribution >= 0.6 is 0 Å². The van der Waals surface area contributed by atoms with Gasteiger partial charge in [0.15, 0.2) is 11.6 Å². The fraction of sp³-hybridized carbons (Fsp3) is 0. The topological polar surface area (TPSA) is 117 Å². The number of carbonyl (C=O) groups is 1. The molecule has 0 saturated heterocycles. The average Bonchev–Trinajstić information content (AvgIpc) is 3.09. The van der Waals surface area contributed by atoms with Crippen LogP contribution < -0.4 is 10.9 Å². The van der Waals surface area contributed by atoms with Crippen LogP contribution in [0.25, 0.3) is 11.6 Å². The first-order chi connectivity index (χ1) is 9.74. The van der Waals surface area contributed by atoms with E-state index in [2.05, 4.69) is 25.5 Å². The third-order valence-electron chi connectivity index (χ3n) is 2.53. The van der Waals surface area contributed by atoms with E-state index in [4.69, 9.17) is 4.42 Å². The fourth-order valence-corrected chi connectivity index (χ4v) is 1.61. The number of nitrogens with one attached hydrogen (secondary N) is 3. The van der Waals surface area contributed by atoms with E-state index in [1.165, 1.54) is 18.5 Å². The summed E-state index contributed by atoms with van der Waals surface area (Å²) in [6, 6.07) is 6.38. The van der Waals surface area contributed by atoms with Gasteiger partial charge in [-0.15, -0.1) is 5.10 Å². The standard InChI is InChI=1S/C12H9N5O3/c18-10-7(3-1-5-13-10)11(19)15-12-14-9(16-17-12)8-4-2-6-20-8/h1-6H,(H,13,18)(H2,14,15,16,17,19). The van der Waals surface area contributed by atoms with E-state index >= 15 is 0 Å². The number of hydrogen-bond acceptors (Lipinski definition) is 5. The van der Waals surface area contributed by atoms with Crippen molar-refractivity contribution >= 4 is 11.9 Å². The third-order valence-corrected chi connectivity index (χ3v) is 2.53. The molecule has 0 atom stereocenters. The quantitative estimate of drug-likeness (QED) is 0.657. The number of rotatable bonds is 3. The summed E-state index contributed by atoms with van der Waals surface area (Å²) in [6.45, 7) is 0. The molecular formula is C12H9N5O3. The Labute approximate surface area is 111 Å². The van der Waals surface area contributed by atoms with Gasteiger partial charge in [-0.2, -0.15) is 4.98 Å². The number of aromatic amines is 2. The summed E-state index contributed by atoms with van der Waals surface area (Å²) in [7, 11) is 0. The number of hydrogen-bond donors (Lipinski definition) is 3. The molecule has 3 N–H and O–H groups in total. The van der Waals surface area contributed by atoms with Crippen molar-refractivity contribution in [3.63, 3.8) is 0 Å². The summed E-state index contributed by atoms with van der Waals surface area (Å²) in [5.74, 6) is 0.351. The van der Waals surface area contributed by atoms with Crippen molar-refractivity contribution in [3.05, 3.63) is 52.6 Å². The van der Waals surface area contributed by atoms with Gasteiger partial charge in [-0.05, 0) is 24.3 Å². The zero-order chi connectivity index (χ0) is 13.9. The maximum Gasteiger partial charge on any atom is 0.263 e. The van der Waals surface area contributed by atoms with E-state index in [9.17, 15) is 9.59 Å². The molecule has 0 aliphatic carbocycles. The number of nitrogens with zero attached hydrogens (tertiary/aromatic N) is 2. The Morgan fingerprint density at radius 1 is 1.30 bits per heavy atom. The molecule has 0 aliphatic rings. The van der Waals surface area contributed by atoms with Gasteiger partial charge in [0.25, 0.3) is 11.5 Å². The summed E-state index contributed by atoms with van der Waals surface area (Å²) in [5.41, 5.74) is -0.497. The van der Waals surface area contributed by atoms with Crippen molar-refractivity contribution in [2.45, 2.75) is 0 Å². The molecule has 0 bridgehead atoms. The SMILES string of the molecule is O=C(Nc1n[nH]c(-c2ccco2)n1)c1ccc[nH]c1=O. The highest BCUT2D eigenvalue weighted by Gasteiger charge is 2.13. The first kappa shape index (κ1) is 11.9. The van der Waals surface area contributed by atoms with Gasteiger partial charge < -0.3 is 9.40 Å². The molecular weight excluding hydrogens is 262 g/mol. The molecule has 3 rings (SSSR count). The second-order valence-electron chi connectivity index (χ2n) is 3.85. The molecule has 8 heteroatoms. The number of furan rings is 1. The van der Waals surface area contributed by atoms with Crippen LogP contribution in [0.15, 0.2) is 45.9 Å². The Kier molecular flexibility index (Phi) is 2.88. The number of carbonyl (C=O) groups excluding carboxylic acids is 1. The Morgan fingerprint density at radius 2 is 2.20 bits per heavy atom. The number of anilines is 1. The summed E-state index contributed by atoms with van der Waals surface area (Å²) in [5, 5.41) is 8.88. The predicted molar refractivity (Wildman–Crippen MR) is 69.1 cm³/mol. The van der Waals surface area contributed by atoms with Crippen LogP contribution in [0.5, 0.6) is 0 Å². The summed E-state index contributed by atoms with van der Waals surface area (Å²) < 4.78 is 5.14. The van der Waals surface area contributed by atoms with Gasteiger partial charge in [0.2, 0.25) is 5.95 Å². The van der Waals surface area contributed by atoms with Crippen LogP contribution in [0.1, 0.15) is 10.4 Å². The highest BCUT2D eigenvalue weighted by Crippen LogP contribution is 2.15. The Morgan fingerprint density at radius 3 is 2.95 bits per heavy atom. The molecule has 0 fully saturated rings. The molecule has 0 aromatic carbocycles. The third kappa shape index (κ3) is 2.21. The first-order valence-electron chi connectivity index (χ1n) is 5.69. The lowest BCUT2D eigenvalue weighted by Gasteiger charge is -1.98. The smallest absolute Gasteiger partial charge is 0.263 e. The molecule has 3 aromatic rings. The van der Waals surface area contributed by atoms with Crippen LogP contribution in [-0.2, 0) is 0 Å². The van der Waals surface area contributed by atoms with Crippen LogP contribution in [0.3, 0.4) is 0 Å². The molecule has 3 heterocycles. The second kappa shape index (κ2) is 4.84. The highest BCUT2D eigenvalue weighted by molar-refractivity contribution is 6.03. The van der Waals surface area contributed by atoms with E-state index < -0.39 is 11.5 Å². The van der Waals surface area contributed by atoms with Gasteiger partial charge in [-0.1, -0.05) is 0 Å². The molecule has 8 nitrogen and oxygen atoms in total. The molecule has 0 unspecified atom stereocenters. The van der Waals surface area contributed by atoms with Gasteiger partial charge in [0, 0.05) is 6.20 Å². The van der Waals surface area contributed by atoms with Crippen LogP contribution in [0.4, 0.5) is 5.95 Å². The van der Waals surface area contributed by atoms with Crippen molar-refractivity contribution in [1.29, 1.82) is 0 Å². The fourth-order valence-electron chi connectivity index (χ4n) is 1.61. The van der Waals surface area contributed by atoms with E-state index in [1.54, 1.807) is 18.2 Å². The van der Waals surface area contributed by atoms with Crippen molar-refractivity contribution in [3.8, 4) is 11.6 Å². The number of aromatic nitrogens is 4.